The van der Waals surface area contributed by atoms with Crippen molar-refractivity contribution in [2.75, 3.05) is 14.1 Å². The Labute approximate surface area is 172 Å². The monoisotopic (exact) mass is 437 g/mol. The second-order valence-electron chi connectivity index (χ2n) is 6.44. The number of hydrogen-bond donors (Lipinski definition) is 0. The predicted molar refractivity (Wildman–Crippen MR) is 108 cm³/mol. The third-order valence-corrected chi connectivity index (χ3v) is 7.11. The summed E-state index contributed by atoms with van der Waals surface area (Å²) in [6.07, 6.45) is -4.38. The number of sulfonamides is 1. The summed E-state index contributed by atoms with van der Waals surface area (Å²) in [4.78, 5) is 1.64. The minimum Gasteiger partial charge on any atom is -0.207 e. The maximum atomic E-state index is 12.8. The van der Waals surface area contributed by atoms with E-state index in [0.717, 1.165) is 26.9 Å². The van der Waals surface area contributed by atoms with Crippen LogP contribution < -0.4 is 0 Å². The molecule has 0 radical (unpaired) electrons. The maximum Gasteiger partial charge on any atom is 0.416 e. The van der Waals surface area contributed by atoms with Crippen LogP contribution in [0.1, 0.15) is 5.56 Å². The van der Waals surface area contributed by atoms with Crippen molar-refractivity contribution in [3.8, 4) is 11.1 Å². The highest BCUT2D eigenvalue weighted by atomic mass is 32.2. The molecule has 152 valence electrons. The largest absolute Gasteiger partial charge is 0.416 e. The SMILES string of the molecule is CN(C)S(=O)(=O)c1cccc(-c2ccccc2Sc2ccc(C(F)(F)F)cc2)c1. The molecule has 0 atom stereocenters. The lowest BCUT2D eigenvalue weighted by Gasteiger charge is -2.14. The van der Waals surface area contributed by atoms with E-state index in [1.165, 1.54) is 44.1 Å². The molecule has 3 aromatic rings. The molecule has 0 unspecified atom stereocenters. The van der Waals surface area contributed by atoms with Gasteiger partial charge in [-0.15, -0.1) is 0 Å². The second kappa shape index (κ2) is 8.22. The Morgan fingerprint density at radius 3 is 2.14 bits per heavy atom. The first-order valence-electron chi connectivity index (χ1n) is 8.56. The Hall–Kier alpha value is -2.29. The van der Waals surface area contributed by atoms with E-state index in [1.807, 2.05) is 24.3 Å². The number of halogens is 3. The third-order valence-electron chi connectivity index (χ3n) is 4.22. The van der Waals surface area contributed by atoms with Gasteiger partial charge in [-0.05, 0) is 53.6 Å². The zero-order valence-corrected chi connectivity index (χ0v) is 17.3. The number of benzene rings is 3. The molecule has 0 bridgehead atoms. The van der Waals surface area contributed by atoms with Crippen LogP contribution in [0.2, 0.25) is 0 Å². The van der Waals surface area contributed by atoms with Gasteiger partial charge in [0.15, 0.2) is 0 Å². The average Bonchev–Trinajstić information content (AvgIpc) is 2.68. The van der Waals surface area contributed by atoms with Gasteiger partial charge >= 0.3 is 6.18 Å². The quantitative estimate of drug-likeness (QED) is 0.508. The highest BCUT2D eigenvalue weighted by Gasteiger charge is 2.30. The topological polar surface area (TPSA) is 37.4 Å². The number of hydrogen-bond acceptors (Lipinski definition) is 3. The standard InChI is InChI=1S/C21H18F3NO2S2/c1-25(2)29(26,27)18-7-5-6-15(14-18)19-8-3-4-9-20(19)28-17-12-10-16(11-13-17)21(22,23)24/h3-14H,1-2H3. The van der Waals surface area contributed by atoms with E-state index in [0.29, 0.717) is 10.5 Å². The molecule has 0 spiro atoms. The van der Waals surface area contributed by atoms with E-state index < -0.39 is 21.8 Å². The molecule has 3 rings (SSSR count). The number of alkyl halides is 3. The van der Waals surface area contributed by atoms with Crippen LogP contribution in [0.15, 0.2) is 87.5 Å². The van der Waals surface area contributed by atoms with Crippen LogP contribution in [0.4, 0.5) is 13.2 Å². The van der Waals surface area contributed by atoms with Crippen molar-refractivity contribution in [2.45, 2.75) is 20.9 Å². The van der Waals surface area contributed by atoms with Crippen LogP contribution in [-0.4, -0.2) is 26.8 Å². The van der Waals surface area contributed by atoms with Gasteiger partial charge in [-0.1, -0.05) is 42.1 Å². The van der Waals surface area contributed by atoms with Gasteiger partial charge in [-0.3, -0.25) is 0 Å². The summed E-state index contributed by atoms with van der Waals surface area (Å²) >= 11 is 1.32. The highest BCUT2D eigenvalue weighted by molar-refractivity contribution is 7.99. The Morgan fingerprint density at radius 1 is 0.862 bits per heavy atom. The summed E-state index contributed by atoms with van der Waals surface area (Å²) in [6, 6.07) is 18.9. The van der Waals surface area contributed by atoms with Crippen molar-refractivity contribution in [2.24, 2.45) is 0 Å². The molecule has 3 nitrogen and oxygen atoms in total. The second-order valence-corrected chi connectivity index (χ2v) is 9.70. The molecule has 0 fully saturated rings. The van der Waals surface area contributed by atoms with Gasteiger partial charge in [0.25, 0.3) is 0 Å². The summed E-state index contributed by atoms with van der Waals surface area (Å²) in [6.45, 7) is 0. The Kier molecular flexibility index (Phi) is 6.07. The molecule has 0 aliphatic rings. The molecule has 8 heteroatoms. The van der Waals surface area contributed by atoms with Crippen molar-refractivity contribution >= 4 is 21.8 Å². The van der Waals surface area contributed by atoms with Gasteiger partial charge in [0.05, 0.1) is 10.5 Å². The first-order valence-corrected chi connectivity index (χ1v) is 10.8. The van der Waals surface area contributed by atoms with Gasteiger partial charge in [0.1, 0.15) is 0 Å². The molecule has 0 aromatic heterocycles. The molecule has 0 aliphatic carbocycles. The lowest BCUT2D eigenvalue weighted by atomic mass is 10.1. The van der Waals surface area contributed by atoms with Crippen LogP contribution in [0.5, 0.6) is 0 Å². The van der Waals surface area contributed by atoms with Crippen molar-refractivity contribution in [1.29, 1.82) is 0 Å². The lowest BCUT2D eigenvalue weighted by Crippen LogP contribution is -2.22. The smallest absolute Gasteiger partial charge is 0.207 e. The van der Waals surface area contributed by atoms with E-state index in [1.54, 1.807) is 18.2 Å². The van der Waals surface area contributed by atoms with Crippen LogP contribution in [-0.2, 0) is 16.2 Å². The van der Waals surface area contributed by atoms with Crippen molar-refractivity contribution in [3.05, 3.63) is 78.4 Å². The van der Waals surface area contributed by atoms with Gasteiger partial charge in [0.2, 0.25) is 10.0 Å². The summed E-state index contributed by atoms with van der Waals surface area (Å²) in [5, 5.41) is 0. The van der Waals surface area contributed by atoms with Gasteiger partial charge in [-0.25, -0.2) is 12.7 Å². The first-order chi connectivity index (χ1) is 13.6. The third kappa shape index (κ3) is 4.83. The molecule has 0 amide bonds. The number of rotatable bonds is 5. The lowest BCUT2D eigenvalue weighted by molar-refractivity contribution is -0.137. The van der Waals surface area contributed by atoms with E-state index >= 15 is 0 Å². The Morgan fingerprint density at radius 2 is 1.52 bits per heavy atom. The fraction of sp³-hybridized carbons (Fsp3) is 0.143. The predicted octanol–water partition coefficient (Wildman–Crippen LogP) is 5.77. The number of nitrogens with zero attached hydrogens (tertiary/aromatic N) is 1. The fourth-order valence-electron chi connectivity index (χ4n) is 2.67. The first kappa shape index (κ1) is 21.4. The fourth-order valence-corrected chi connectivity index (χ4v) is 4.58. The molecular weight excluding hydrogens is 419 g/mol. The van der Waals surface area contributed by atoms with Crippen molar-refractivity contribution < 1.29 is 21.6 Å². The summed E-state index contributed by atoms with van der Waals surface area (Å²) < 4.78 is 64.3. The molecule has 0 saturated carbocycles. The summed E-state index contributed by atoms with van der Waals surface area (Å²) in [7, 11) is -0.641. The molecule has 0 saturated heterocycles. The van der Waals surface area contributed by atoms with Crippen LogP contribution in [0.3, 0.4) is 0 Å². The van der Waals surface area contributed by atoms with E-state index in [9.17, 15) is 21.6 Å². The molecular formula is C21H18F3NO2S2. The zero-order chi connectivity index (χ0) is 21.2. The minimum atomic E-state index is -4.38. The molecule has 3 aromatic carbocycles. The van der Waals surface area contributed by atoms with Crippen LogP contribution >= 0.6 is 11.8 Å². The molecule has 29 heavy (non-hydrogen) atoms. The molecule has 0 N–H and O–H groups in total. The van der Waals surface area contributed by atoms with Crippen LogP contribution in [0, 0.1) is 0 Å². The van der Waals surface area contributed by atoms with Gasteiger partial charge in [0, 0.05) is 23.9 Å². The normalized spacial score (nSPS) is 12.3. The van der Waals surface area contributed by atoms with Gasteiger partial charge in [-0.2, -0.15) is 13.2 Å². The summed E-state index contributed by atoms with van der Waals surface area (Å²) in [5.41, 5.74) is 0.813. The van der Waals surface area contributed by atoms with E-state index in [-0.39, 0.29) is 4.90 Å². The van der Waals surface area contributed by atoms with E-state index in [4.69, 9.17) is 0 Å². The Bertz CT molecular complexity index is 1110. The zero-order valence-electron chi connectivity index (χ0n) is 15.6. The average molecular weight is 438 g/mol. The minimum absolute atomic E-state index is 0.175. The Balaban J connectivity index is 1.96. The van der Waals surface area contributed by atoms with Crippen molar-refractivity contribution in [1.82, 2.24) is 4.31 Å². The van der Waals surface area contributed by atoms with Crippen molar-refractivity contribution in [3.63, 3.8) is 0 Å². The van der Waals surface area contributed by atoms with Crippen LogP contribution in [0.25, 0.3) is 11.1 Å². The summed E-state index contributed by atoms with van der Waals surface area (Å²) in [5.74, 6) is 0. The van der Waals surface area contributed by atoms with Gasteiger partial charge < -0.3 is 0 Å². The highest BCUT2D eigenvalue weighted by Crippen LogP contribution is 2.38. The molecule has 0 aliphatic heterocycles. The molecule has 0 heterocycles. The maximum absolute atomic E-state index is 12.8. The van der Waals surface area contributed by atoms with E-state index in [2.05, 4.69) is 0 Å².